The first-order valence-electron chi connectivity index (χ1n) is 18.1. The number of nitrogens with zero attached hydrogens (tertiary/aromatic N) is 4. The minimum absolute atomic E-state index is 0.233. The van der Waals surface area contributed by atoms with Gasteiger partial charge in [0, 0.05) is 16.7 Å². The lowest BCUT2D eigenvalue weighted by Gasteiger charge is -2.14. The summed E-state index contributed by atoms with van der Waals surface area (Å²) in [6.07, 6.45) is 19.3. The third-order valence-electron chi connectivity index (χ3n) is 10.0. The molecule has 0 bridgehead atoms. The van der Waals surface area contributed by atoms with E-state index in [2.05, 4.69) is 76.4 Å². The highest BCUT2D eigenvalue weighted by atomic mass is 19.1. The van der Waals surface area contributed by atoms with Crippen LogP contribution < -0.4 is 0 Å². The van der Waals surface area contributed by atoms with Crippen molar-refractivity contribution in [2.45, 2.75) is 65.2 Å². The molecule has 2 aromatic carbocycles. The molecular formula is C42H51FN6. The number of imidazole rings is 1. The number of aromatic amines is 2. The fraction of sp³-hybridized carbons (Fsp3) is 0.381. The lowest BCUT2D eigenvalue weighted by atomic mass is 9.97. The second-order valence-electron chi connectivity index (χ2n) is 13.5. The molecule has 2 N–H and O–H groups in total. The monoisotopic (exact) mass is 658 g/mol. The summed E-state index contributed by atoms with van der Waals surface area (Å²) in [6.45, 7) is 19.2. The maximum absolute atomic E-state index is 15.0. The van der Waals surface area contributed by atoms with Crippen molar-refractivity contribution < 1.29 is 4.39 Å². The molecular weight excluding hydrogens is 608 g/mol. The SMILES string of the molecule is C=C/C=C(/c1cc(F)cc(CCCN2CCCC2)c1)c1nc(-c2n[nH]c3ccc(C(/C=C(\C=C)CCCN4CCCC4)=C/C)cc23)[nH]c1C. The molecule has 0 atom stereocenters. The molecule has 2 aliphatic heterocycles. The molecule has 2 aliphatic rings. The van der Waals surface area contributed by atoms with Crippen molar-refractivity contribution in [3.8, 4) is 11.5 Å². The van der Waals surface area contributed by atoms with E-state index < -0.39 is 0 Å². The standard InChI is InChI=1S/C42H51FN6/c1-5-14-37(35-26-32(27-36(43)28-35)16-13-24-49-21-10-11-22-49)40-30(4)44-42(45-40)41-38-29-34(17-18-39(38)46-47-41)33(7-3)25-31(6-2)15-12-23-48-19-8-9-20-48/h5-7,14,17-18,25-29H,1-2,8-13,15-16,19-24H2,3-4H3,(H,44,45)(H,46,47)/b31-25+,33-7+,37-14-. The number of likely N-dealkylation sites (tertiary alicyclic amines) is 2. The van der Waals surface area contributed by atoms with E-state index in [-0.39, 0.29) is 5.82 Å². The zero-order valence-electron chi connectivity index (χ0n) is 29.3. The smallest absolute Gasteiger partial charge is 0.159 e. The molecule has 49 heavy (non-hydrogen) atoms. The molecule has 256 valence electrons. The number of H-pyrrole nitrogens is 2. The van der Waals surface area contributed by atoms with Gasteiger partial charge in [0.25, 0.3) is 0 Å². The van der Waals surface area contributed by atoms with Crippen LogP contribution in [0.5, 0.6) is 0 Å². The molecule has 0 spiro atoms. The van der Waals surface area contributed by atoms with Crippen molar-refractivity contribution in [1.82, 2.24) is 30.0 Å². The van der Waals surface area contributed by atoms with Crippen molar-refractivity contribution in [2.75, 3.05) is 39.3 Å². The highest BCUT2D eigenvalue weighted by Gasteiger charge is 2.19. The number of hydrogen-bond donors (Lipinski definition) is 2. The average molecular weight is 659 g/mol. The molecule has 0 amide bonds. The third-order valence-corrected chi connectivity index (χ3v) is 10.0. The van der Waals surface area contributed by atoms with Crippen molar-refractivity contribution in [2.24, 2.45) is 0 Å². The van der Waals surface area contributed by atoms with Crippen LogP contribution in [-0.2, 0) is 6.42 Å². The molecule has 0 radical (unpaired) electrons. The second-order valence-corrected chi connectivity index (χ2v) is 13.5. The quantitative estimate of drug-likeness (QED) is 0.125. The number of allylic oxidation sites excluding steroid dienone is 7. The molecule has 0 aliphatic carbocycles. The topological polar surface area (TPSA) is 63.8 Å². The van der Waals surface area contributed by atoms with E-state index in [1.165, 1.54) is 57.4 Å². The number of halogens is 1. The summed E-state index contributed by atoms with van der Waals surface area (Å²) in [6, 6.07) is 11.8. The van der Waals surface area contributed by atoms with Crippen LogP contribution in [0.3, 0.4) is 0 Å². The molecule has 4 heterocycles. The molecule has 6 rings (SSSR count). The molecule has 0 saturated carbocycles. The van der Waals surface area contributed by atoms with Crippen molar-refractivity contribution in [3.63, 3.8) is 0 Å². The van der Waals surface area contributed by atoms with Crippen LogP contribution in [0.2, 0.25) is 0 Å². The van der Waals surface area contributed by atoms with Crippen LogP contribution in [-0.4, -0.2) is 69.2 Å². The molecule has 2 aromatic heterocycles. The Morgan fingerprint density at radius 3 is 2.37 bits per heavy atom. The van der Waals surface area contributed by atoms with Crippen LogP contribution in [0.25, 0.3) is 33.6 Å². The number of nitrogens with one attached hydrogen (secondary N) is 2. The summed E-state index contributed by atoms with van der Waals surface area (Å²) in [5.74, 6) is 0.433. The number of benzene rings is 2. The van der Waals surface area contributed by atoms with E-state index in [0.717, 1.165) is 94.6 Å². The minimum Gasteiger partial charge on any atom is -0.340 e. The molecule has 2 fully saturated rings. The maximum Gasteiger partial charge on any atom is 0.159 e. The zero-order chi connectivity index (χ0) is 34.2. The van der Waals surface area contributed by atoms with Crippen LogP contribution in [0, 0.1) is 12.7 Å². The first kappa shape index (κ1) is 34.5. The predicted octanol–water partition coefficient (Wildman–Crippen LogP) is 9.44. The Bertz CT molecular complexity index is 1860. The van der Waals surface area contributed by atoms with Gasteiger partial charge in [-0.05, 0) is 157 Å². The summed E-state index contributed by atoms with van der Waals surface area (Å²) in [4.78, 5) is 13.6. The Morgan fingerprint density at radius 2 is 1.67 bits per heavy atom. The number of hydrogen-bond acceptors (Lipinski definition) is 4. The molecule has 2 saturated heterocycles. The van der Waals surface area contributed by atoms with E-state index in [1.807, 2.05) is 19.1 Å². The van der Waals surface area contributed by atoms with Crippen LogP contribution in [0.15, 0.2) is 85.5 Å². The Kier molecular flexibility index (Phi) is 11.5. The van der Waals surface area contributed by atoms with Gasteiger partial charge >= 0.3 is 0 Å². The van der Waals surface area contributed by atoms with E-state index >= 15 is 4.39 Å². The van der Waals surface area contributed by atoms with Gasteiger partial charge in [0.1, 0.15) is 11.5 Å². The largest absolute Gasteiger partial charge is 0.340 e. The van der Waals surface area contributed by atoms with Gasteiger partial charge in [0.05, 0.1) is 11.2 Å². The highest BCUT2D eigenvalue weighted by molar-refractivity contribution is 5.95. The predicted molar refractivity (Wildman–Crippen MR) is 203 cm³/mol. The van der Waals surface area contributed by atoms with Crippen molar-refractivity contribution in [1.29, 1.82) is 0 Å². The van der Waals surface area contributed by atoms with E-state index in [4.69, 9.17) is 10.1 Å². The Labute approximate surface area is 291 Å². The van der Waals surface area contributed by atoms with Gasteiger partial charge in [-0.1, -0.05) is 55.7 Å². The number of fused-ring (bicyclic) bond motifs is 1. The van der Waals surface area contributed by atoms with Crippen LogP contribution >= 0.6 is 0 Å². The molecule has 7 heteroatoms. The fourth-order valence-corrected chi connectivity index (χ4v) is 7.38. The number of rotatable bonds is 15. The highest BCUT2D eigenvalue weighted by Crippen LogP contribution is 2.33. The first-order chi connectivity index (χ1) is 23.9. The molecule has 6 nitrogen and oxygen atoms in total. The molecule has 4 aromatic rings. The lowest BCUT2D eigenvalue weighted by molar-refractivity contribution is 0.334. The second kappa shape index (κ2) is 16.4. The normalized spacial score (nSPS) is 16.7. The van der Waals surface area contributed by atoms with Crippen LogP contribution in [0.4, 0.5) is 4.39 Å². The Morgan fingerprint density at radius 1 is 0.939 bits per heavy atom. The Balaban J connectivity index is 1.24. The minimum atomic E-state index is -0.233. The average Bonchev–Trinajstić information content (AvgIpc) is 3.93. The fourth-order valence-electron chi connectivity index (χ4n) is 7.38. The molecule has 0 unspecified atom stereocenters. The van der Waals surface area contributed by atoms with Crippen molar-refractivity contribution >= 4 is 22.0 Å². The zero-order valence-corrected chi connectivity index (χ0v) is 29.3. The number of aryl methyl sites for hydroxylation is 2. The third kappa shape index (κ3) is 8.46. The lowest BCUT2D eigenvalue weighted by Crippen LogP contribution is -2.20. The van der Waals surface area contributed by atoms with Gasteiger partial charge in [-0.25, -0.2) is 9.37 Å². The van der Waals surface area contributed by atoms with Gasteiger partial charge in [-0.15, -0.1) is 0 Å². The summed E-state index contributed by atoms with van der Waals surface area (Å²) < 4.78 is 15.0. The van der Waals surface area contributed by atoms with E-state index in [0.29, 0.717) is 5.82 Å². The van der Waals surface area contributed by atoms with E-state index in [9.17, 15) is 0 Å². The van der Waals surface area contributed by atoms with Gasteiger partial charge in [0.15, 0.2) is 5.82 Å². The summed E-state index contributed by atoms with van der Waals surface area (Å²) >= 11 is 0. The van der Waals surface area contributed by atoms with Crippen molar-refractivity contribution in [3.05, 3.63) is 119 Å². The van der Waals surface area contributed by atoms with Crippen LogP contribution in [0.1, 0.15) is 79.9 Å². The van der Waals surface area contributed by atoms with Gasteiger partial charge < -0.3 is 14.8 Å². The summed E-state index contributed by atoms with van der Waals surface area (Å²) in [7, 11) is 0. The Hall–Kier alpha value is -4.33. The summed E-state index contributed by atoms with van der Waals surface area (Å²) in [5, 5.41) is 8.88. The van der Waals surface area contributed by atoms with Gasteiger partial charge in [-0.2, -0.15) is 5.10 Å². The maximum atomic E-state index is 15.0. The van der Waals surface area contributed by atoms with Gasteiger partial charge in [0.2, 0.25) is 0 Å². The van der Waals surface area contributed by atoms with Gasteiger partial charge in [-0.3, -0.25) is 5.10 Å². The first-order valence-corrected chi connectivity index (χ1v) is 18.1. The number of aromatic nitrogens is 4. The van der Waals surface area contributed by atoms with E-state index in [1.54, 1.807) is 18.2 Å². The summed E-state index contributed by atoms with van der Waals surface area (Å²) in [5.41, 5.74) is 9.49.